The van der Waals surface area contributed by atoms with Gasteiger partial charge in [-0.3, -0.25) is 13.9 Å². The first kappa shape index (κ1) is 10.7. The van der Waals surface area contributed by atoms with Crippen LogP contribution in [0, 0.1) is 0 Å². The van der Waals surface area contributed by atoms with E-state index in [9.17, 15) is 4.21 Å². The third kappa shape index (κ3) is 2.25. The highest BCUT2D eigenvalue weighted by molar-refractivity contribution is 7.84. The van der Waals surface area contributed by atoms with E-state index in [2.05, 4.69) is 15.3 Å². The first-order valence-corrected chi connectivity index (χ1v) is 5.92. The molecule has 0 spiro atoms. The van der Waals surface area contributed by atoms with E-state index in [4.69, 9.17) is 5.73 Å². The smallest absolute Gasteiger partial charge is 0.0955 e. The Bertz CT molecular complexity index is 524. The Morgan fingerprint density at radius 2 is 2.38 bits per heavy atom. The molecule has 2 N–H and O–H groups in total. The van der Waals surface area contributed by atoms with Crippen LogP contribution in [0.25, 0.3) is 0 Å². The quantitative estimate of drug-likeness (QED) is 0.818. The average Bonchev–Trinajstić information content (AvgIpc) is 2.64. The molecular weight excluding hydrogens is 226 g/mol. The number of anilines is 1. The second-order valence-electron chi connectivity index (χ2n) is 3.29. The van der Waals surface area contributed by atoms with E-state index in [-0.39, 0.29) is 0 Å². The molecule has 0 amide bonds. The second kappa shape index (κ2) is 4.40. The van der Waals surface area contributed by atoms with Gasteiger partial charge >= 0.3 is 0 Å². The first-order valence-electron chi connectivity index (χ1n) is 4.60. The fourth-order valence-electron chi connectivity index (χ4n) is 1.27. The van der Waals surface area contributed by atoms with Crippen LogP contribution in [0.5, 0.6) is 0 Å². The molecule has 0 aromatic carbocycles. The summed E-state index contributed by atoms with van der Waals surface area (Å²) >= 11 is 0. The van der Waals surface area contributed by atoms with Crippen molar-refractivity contribution in [2.24, 2.45) is 7.05 Å². The molecule has 0 aliphatic carbocycles. The topological polar surface area (TPSA) is 86.7 Å². The van der Waals surface area contributed by atoms with Gasteiger partial charge in [0.15, 0.2) is 0 Å². The number of pyridine rings is 1. The summed E-state index contributed by atoms with van der Waals surface area (Å²) in [4.78, 5) is 4.43. The van der Waals surface area contributed by atoms with Crippen LogP contribution in [0.15, 0.2) is 29.6 Å². The summed E-state index contributed by atoms with van der Waals surface area (Å²) in [5.74, 6) is 0.308. The van der Waals surface area contributed by atoms with E-state index in [1.54, 1.807) is 30.2 Å². The zero-order chi connectivity index (χ0) is 11.5. The number of nitrogen functional groups attached to an aromatic ring is 1. The maximum absolute atomic E-state index is 12.0. The number of aromatic nitrogens is 4. The SMILES string of the molecule is Cn1cc(CS(=O)c2ccncc2N)nn1. The highest BCUT2D eigenvalue weighted by atomic mass is 32.2. The molecule has 2 aromatic heterocycles. The third-order valence-corrected chi connectivity index (χ3v) is 3.40. The molecule has 0 saturated heterocycles. The molecule has 2 heterocycles. The molecule has 0 saturated carbocycles. The number of rotatable bonds is 3. The fraction of sp³-hybridized carbons (Fsp3) is 0.222. The molecule has 2 aromatic rings. The maximum Gasteiger partial charge on any atom is 0.0955 e. The number of hydrogen-bond donors (Lipinski definition) is 1. The lowest BCUT2D eigenvalue weighted by Gasteiger charge is -2.02. The van der Waals surface area contributed by atoms with Crippen LogP contribution < -0.4 is 5.73 Å². The molecule has 0 aliphatic heterocycles. The van der Waals surface area contributed by atoms with Crippen LogP contribution in [0.4, 0.5) is 5.69 Å². The third-order valence-electron chi connectivity index (χ3n) is 1.98. The molecule has 2 rings (SSSR count). The van der Waals surface area contributed by atoms with Gasteiger partial charge in [-0.15, -0.1) is 5.10 Å². The largest absolute Gasteiger partial charge is 0.396 e. The Hall–Kier alpha value is -1.76. The molecule has 0 radical (unpaired) electrons. The fourth-order valence-corrected chi connectivity index (χ4v) is 2.36. The molecule has 7 heteroatoms. The van der Waals surface area contributed by atoms with E-state index >= 15 is 0 Å². The molecule has 6 nitrogen and oxygen atoms in total. The van der Waals surface area contributed by atoms with Crippen molar-refractivity contribution in [2.75, 3.05) is 5.73 Å². The van der Waals surface area contributed by atoms with Crippen molar-refractivity contribution in [2.45, 2.75) is 10.6 Å². The normalized spacial score (nSPS) is 12.6. The lowest BCUT2D eigenvalue weighted by Crippen LogP contribution is -2.01. The molecule has 0 bridgehead atoms. The van der Waals surface area contributed by atoms with E-state index in [0.29, 0.717) is 22.0 Å². The zero-order valence-electron chi connectivity index (χ0n) is 8.70. The van der Waals surface area contributed by atoms with E-state index in [0.717, 1.165) is 0 Å². The molecule has 16 heavy (non-hydrogen) atoms. The molecule has 0 fully saturated rings. The maximum atomic E-state index is 12.0. The Morgan fingerprint density at radius 3 is 3.00 bits per heavy atom. The minimum Gasteiger partial charge on any atom is -0.396 e. The molecule has 84 valence electrons. The number of hydrogen-bond acceptors (Lipinski definition) is 5. The summed E-state index contributed by atoms with van der Waals surface area (Å²) in [6.07, 6.45) is 4.79. The minimum absolute atomic E-state index is 0.308. The zero-order valence-corrected chi connectivity index (χ0v) is 9.52. The van der Waals surface area contributed by atoms with Gasteiger partial charge in [0.2, 0.25) is 0 Å². The predicted molar refractivity (Wildman–Crippen MR) is 59.8 cm³/mol. The van der Waals surface area contributed by atoms with Gasteiger partial charge in [-0.05, 0) is 6.07 Å². The Balaban J connectivity index is 2.18. The summed E-state index contributed by atoms with van der Waals surface area (Å²) in [5.41, 5.74) is 6.80. The summed E-state index contributed by atoms with van der Waals surface area (Å²) in [6, 6.07) is 1.65. The molecular formula is C9H11N5OS. The Labute approximate surface area is 94.9 Å². The lowest BCUT2D eigenvalue weighted by atomic mass is 10.4. The van der Waals surface area contributed by atoms with Gasteiger partial charge in [0, 0.05) is 19.4 Å². The lowest BCUT2D eigenvalue weighted by molar-refractivity contribution is 0.682. The van der Waals surface area contributed by atoms with Crippen LogP contribution in [0.3, 0.4) is 0 Å². The monoisotopic (exact) mass is 237 g/mol. The van der Waals surface area contributed by atoms with Crippen molar-refractivity contribution in [3.05, 3.63) is 30.4 Å². The van der Waals surface area contributed by atoms with Crippen molar-refractivity contribution in [3.63, 3.8) is 0 Å². The first-order chi connectivity index (χ1) is 7.66. The highest BCUT2D eigenvalue weighted by Gasteiger charge is 2.10. The van der Waals surface area contributed by atoms with Gasteiger partial charge in [-0.25, -0.2) is 0 Å². The summed E-state index contributed by atoms with van der Waals surface area (Å²) in [5, 5.41) is 7.65. The standard InChI is InChI=1S/C9H11N5OS/c1-14-5-7(12-13-14)6-16(15)9-2-3-11-4-8(9)10/h2-5H,6,10H2,1H3. The number of aryl methyl sites for hydroxylation is 1. The molecule has 1 unspecified atom stereocenters. The highest BCUT2D eigenvalue weighted by Crippen LogP contribution is 2.16. The van der Waals surface area contributed by atoms with Crippen molar-refractivity contribution >= 4 is 16.5 Å². The molecule has 0 aliphatic rings. The van der Waals surface area contributed by atoms with Gasteiger partial charge in [0.25, 0.3) is 0 Å². The van der Waals surface area contributed by atoms with Crippen LogP contribution in [-0.4, -0.2) is 24.2 Å². The van der Waals surface area contributed by atoms with E-state index in [1.807, 2.05) is 0 Å². The number of nitrogens with zero attached hydrogens (tertiary/aromatic N) is 4. The summed E-state index contributed by atoms with van der Waals surface area (Å²) in [7, 11) is 0.551. The summed E-state index contributed by atoms with van der Waals surface area (Å²) in [6.45, 7) is 0. The van der Waals surface area contributed by atoms with Crippen LogP contribution in [-0.2, 0) is 23.6 Å². The van der Waals surface area contributed by atoms with E-state index < -0.39 is 10.8 Å². The summed E-state index contributed by atoms with van der Waals surface area (Å²) < 4.78 is 13.5. The average molecular weight is 237 g/mol. The number of nitrogens with two attached hydrogens (primary N) is 1. The van der Waals surface area contributed by atoms with Crippen molar-refractivity contribution in [1.29, 1.82) is 0 Å². The van der Waals surface area contributed by atoms with Crippen LogP contribution >= 0.6 is 0 Å². The van der Waals surface area contributed by atoms with Crippen LogP contribution in [0.1, 0.15) is 5.69 Å². The van der Waals surface area contributed by atoms with Crippen molar-refractivity contribution in [1.82, 2.24) is 20.0 Å². The van der Waals surface area contributed by atoms with E-state index in [1.165, 1.54) is 6.20 Å². The van der Waals surface area contributed by atoms with Gasteiger partial charge in [-0.1, -0.05) is 5.21 Å². The Kier molecular flexibility index (Phi) is 2.95. The predicted octanol–water partition coefficient (Wildman–Crippen LogP) is 0.100. The van der Waals surface area contributed by atoms with Gasteiger partial charge < -0.3 is 5.73 Å². The van der Waals surface area contributed by atoms with Crippen LogP contribution in [0.2, 0.25) is 0 Å². The van der Waals surface area contributed by atoms with Crippen molar-refractivity contribution in [3.8, 4) is 0 Å². The van der Waals surface area contributed by atoms with Gasteiger partial charge in [0.1, 0.15) is 0 Å². The van der Waals surface area contributed by atoms with Crippen molar-refractivity contribution < 1.29 is 4.21 Å². The second-order valence-corrected chi connectivity index (χ2v) is 4.71. The Morgan fingerprint density at radius 1 is 1.56 bits per heavy atom. The molecule has 1 atom stereocenters. The van der Waals surface area contributed by atoms with Gasteiger partial charge in [-0.2, -0.15) is 0 Å². The minimum atomic E-state index is -1.21. The van der Waals surface area contributed by atoms with Gasteiger partial charge in [0.05, 0.1) is 39.0 Å².